The van der Waals surface area contributed by atoms with Crippen molar-refractivity contribution in [3.05, 3.63) is 78.5 Å². The van der Waals surface area contributed by atoms with Crippen LogP contribution in [0.2, 0.25) is 0 Å². The van der Waals surface area contributed by atoms with Crippen molar-refractivity contribution in [2.45, 2.75) is 0 Å². The van der Waals surface area contributed by atoms with Crippen molar-refractivity contribution in [2.75, 3.05) is 0 Å². The van der Waals surface area contributed by atoms with Gasteiger partial charge in [0.1, 0.15) is 11.2 Å². The number of hydrogen-bond donors (Lipinski definition) is 0. The Bertz CT molecular complexity index is 1590. The van der Waals surface area contributed by atoms with Crippen LogP contribution in [-0.2, 0) is 0 Å². The highest BCUT2D eigenvalue weighted by atomic mass is 16.3. The fourth-order valence-corrected chi connectivity index (χ4v) is 4.21. The lowest BCUT2D eigenvalue weighted by Gasteiger charge is -2.06. The molecule has 0 saturated carbocycles. The minimum atomic E-state index is 0.673. The van der Waals surface area contributed by atoms with Crippen molar-refractivity contribution in [3.63, 3.8) is 0 Å². The summed E-state index contributed by atoms with van der Waals surface area (Å²) < 4.78 is 6.34. The van der Waals surface area contributed by atoms with Crippen molar-refractivity contribution in [1.29, 1.82) is 5.26 Å². The van der Waals surface area contributed by atoms with Crippen LogP contribution in [-0.4, -0.2) is 4.98 Å². The van der Waals surface area contributed by atoms with E-state index in [0.717, 1.165) is 54.4 Å². The molecule has 124 valence electrons. The standard InChI is InChI=1S/C24H12N2O/c25-13-14-5-3-8-16-15(14)10-11-20-21(16)22-19-9-4-12-26-23(19)17-6-1-2-7-18(17)24(22)27-20/h1-12H. The SMILES string of the molecule is N#Cc1cccc2c1ccc1oc3c4ccccc4c4ncccc4c3c12. The Balaban J connectivity index is 2.02. The number of aromatic nitrogens is 1. The van der Waals surface area contributed by atoms with Crippen LogP contribution in [0.25, 0.3) is 54.4 Å². The van der Waals surface area contributed by atoms with Gasteiger partial charge in [-0.1, -0.05) is 42.5 Å². The maximum Gasteiger partial charge on any atom is 0.144 e. The molecule has 0 amide bonds. The lowest BCUT2D eigenvalue weighted by atomic mass is 9.96. The summed E-state index contributed by atoms with van der Waals surface area (Å²) in [4.78, 5) is 4.67. The second-order valence-corrected chi connectivity index (χ2v) is 6.70. The molecule has 0 aliphatic heterocycles. The Morgan fingerprint density at radius 1 is 0.704 bits per heavy atom. The highest BCUT2D eigenvalue weighted by Gasteiger charge is 2.18. The molecule has 0 bridgehead atoms. The fourth-order valence-electron chi connectivity index (χ4n) is 4.21. The largest absolute Gasteiger partial charge is 0.455 e. The first-order valence-corrected chi connectivity index (χ1v) is 8.80. The van der Waals surface area contributed by atoms with Crippen LogP contribution in [0.1, 0.15) is 5.56 Å². The number of hydrogen-bond acceptors (Lipinski definition) is 3. The molecule has 0 fully saturated rings. The molecule has 2 aromatic heterocycles. The van der Waals surface area contributed by atoms with E-state index < -0.39 is 0 Å². The van der Waals surface area contributed by atoms with Crippen molar-refractivity contribution in [1.82, 2.24) is 4.98 Å². The molecular weight excluding hydrogens is 332 g/mol. The van der Waals surface area contributed by atoms with Gasteiger partial charge in [-0.2, -0.15) is 5.26 Å². The van der Waals surface area contributed by atoms with Gasteiger partial charge in [-0.25, -0.2) is 0 Å². The van der Waals surface area contributed by atoms with Crippen molar-refractivity contribution in [3.8, 4) is 6.07 Å². The lowest BCUT2D eigenvalue weighted by Crippen LogP contribution is -1.84. The number of pyridine rings is 1. The van der Waals surface area contributed by atoms with E-state index in [1.54, 1.807) is 0 Å². The van der Waals surface area contributed by atoms with Crippen LogP contribution < -0.4 is 0 Å². The normalized spacial score (nSPS) is 11.7. The van der Waals surface area contributed by atoms with Crippen LogP contribution >= 0.6 is 0 Å². The van der Waals surface area contributed by atoms with Crippen LogP contribution in [0.4, 0.5) is 0 Å². The summed E-state index contributed by atoms with van der Waals surface area (Å²) in [6.07, 6.45) is 1.83. The summed E-state index contributed by atoms with van der Waals surface area (Å²) in [5, 5.41) is 16.8. The Hall–Kier alpha value is -3.90. The minimum absolute atomic E-state index is 0.673. The average molecular weight is 344 g/mol. The van der Waals surface area contributed by atoms with E-state index >= 15 is 0 Å². The predicted molar refractivity (Wildman–Crippen MR) is 109 cm³/mol. The highest BCUT2D eigenvalue weighted by molar-refractivity contribution is 6.33. The van der Waals surface area contributed by atoms with E-state index in [1.165, 1.54) is 0 Å². The van der Waals surface area contributed by atoms with Gasteiger partial charge in [-0.15, -0.1) is 0 Å². The number of rotatable bonds is 0. The molecule has 0 N–H and O–H groups in total. The molecule has 0 aliphatic carbocycles. The molecular formula is C24H12N2O. The quantitative estimate of drug-likeness (QED) is 0.303. The summed E-state index contributed by atoms with van der Waals surface area (Å²) in [6.45, 7) is 0. The molecule has 3 nitrogen and oxygen atoms in total. The monoisotopic (exact) mass is 344 g/mol. The maximum atomic E-state index is 9.50. The number of benzene rings is 4. The van der Waals surface area contributed by atoms with E-state index in [0.29, 0.717) is 5.56 Å². The van der Waals surface area contributed by atoms with Crippen molar-refractivity contribution >= 4 is 54.4 Å². The third-order valence-corrected chi connectivity index (χ3v) is 5.34. The summed E-state index contributed by atoms with van der Waals surface area (Å²) in [7, 11) is 0. The van der Waals surface area contributed by atoms with E-state index in [1.807, 2.05) is 48.7 Å². The first-order chi connectivity index (χ1) is 13.4. The van der Waals surface area contributed by atoms with E-state index in [2.05, 4.69) is 35.3 Å². The van der Waals surface area contributed by atoms with E-state index in [-0.39, 0.29) is 0 Å². The molecule has 0 spiro atoms. The van der Waals surface area contributed by atoms with Gasteiger partial charge in [0.05, 0.1) is 17.1 Å². The van der Waals surface area contributed by atoms with Gasteiger partial charge < -0.3 is 4.42 Å². The van der Waals surface area contributed by atoms with Crippen LogP contribution in [0.5, 0.6) is 0 Å². The molecule has 2 heterocycles. The summed E-state index contributed by atoms with van der Waals surface area (Å²) in [5.74, 6) is 0. The molecule has 0 radical (unpaired) electrons. The van der Waals surface area contributed by atoms with Gasteiger partial charge in [0, 0.05) is 38.5 Å². The van der Waals surface area contributed by atoms with Gasteiger partial charge in [0.2, 0.25) is 0 Å². The van der Waals surface area contributed by atoms with Gasteiger partial charge in [0.15, 0.2) is 0 Å². The molecule has 0 unspecified atom stereocenters. The second-order valence-electron chi connectivity index (χ2n) is 6.70. The number of nitriles is 1. The van der Waals surface area contributed by atoms with Gasteiger partial charge in [-0.05, 0) is 29.7 Å². The van der Waals surface area contributed by atoms with Gasteiger partial charge >= 0.3 is 0 Å². The predicted octanol–water partition coefficient (Wildman–Crippen LogP) is 6.31. The van der Waals surface area contributed by atoms with Gasteiger partial charge in [-0.3, -0.25) is 4.98 Å². The molecule has 6 rings (SSSR count). The number of fused-ring (bicyclic) bond motifs is 10. The van der Waals surface area contributed by atoms with Gasteiger partial charge in [0.25, 0.3) is 0 Å². The van der Waals surface area contributed by atoms with Crippen molar-refractivity contribution < 1.29 is 4.42 Å². The zero-order valence-electron chi connectivity index (χ0n) is 14.2. The fraction of sp³-hybridized carbons (Fsp3) is 0. The Kier molecular flexibility index (Phi) is 2.68. The minimum Gasteiger partial charge on any atom is -0.455 e. The third-order valence-electron chi connectivity index (χ3n) is 5.34. The zero-order chi connectivity index (χ0) is 18.0. The third kappa shape index (κ3) is 1.77. The van der Waals surface area contributed by atoms with Crippen molar-refractivity contribution in [2.24, 2.45) is 0 Å². The van der Waals surface area contributed by atoms with Crippen LogP contribution in [0.3, 0.4) is 0 Å². The first kappa shape index (κ1) is 14.3. The molecule has 0 atom stereocenters. The van der Waals surface area contributed by atoms with Crippen LogP contribution in [0.15, 0.2) is 77.3 Å². The number of furan rings is 1. The zero-order valence-corrected chi connectivity index (χ0v) is 14.2. The molecule has 6 aromatic rings. The topological polar surface area (TPSA) is 49.8 Å². The Labute approximate surface area is 154 Å². The highest BCUT2D eigenvalue weighted by Crippen LogP contribution is 2.42. The van der Waals surface area contributed by atoms with E-state index in [9.17, 15) is 5.26 Å². The summed E-state index contributed by atoms with van der Waals surface area (Å²) in [5.41, 5.74) is 3.34. The second kappa shape index (κ2) is 5.06. The smallest absolute Gasteiger partial charge is 0.144 e. The molecule has 3 heteroatoms. The Morgan fingerprint density at radius 2 is 1.52 bits per heavy atom. The van der Waals surface area contributed by atoms with Crippen LogP contribution in [0, 0.1) is 11.3 Å². The summed E-state index contributed by atoms with van der Waals surface area (Å²) in [6, 6.07) is 24.4. The molecule has 4 aromatic carbocycles. The lowest BCUT2D eigenvalue weighted by molar-refractivity contribution is 0.673. The van der Waals surface area contributed by atoms with E-state index in [4.69, 9.17) is 4.42 Å². The molecule has 0 saturated heterocycles. The average Bonchev–Trinajstić information content (AvgIpc) is 3.14. The number of nitrogens with zero attached hydrogens (tertiary/aromatic N) is 2. The maximum absolute atomic E-state index is 9.50. The molecule has 27 heavy (non-hydrogen) atoms. The summed E-state index contributed by atoms with van der Waals surface area (Å²) >= 11 is 0. The Morgan fingerprint density at radius 3 is 2.41 bits per heavy atom. The molecule has 0 aliphatic rings. The first-order valence-electron chi connectivity index (χ1n) is 8.80.